The fourth-order valence-electron chi connectivity index (χ4n) is 1.79. The summed E-state index contributed by atoms with van der Waals surface area (Å²) in [5.41, 5.74) is 4.20. The van der Waals surface area contributed by atoms with Crippen LogP contribution in [-0.2, 0) is 6.18 Å². The number of para-hydroxylation sites is 1. The maximum atomic E-state index is 13.0. The summed E-state index contributed by atoms with van der Waals surface area (Å²) in [5.74, 6) is -0.510. The van der Waals surface area contributed by atoms with Gasteiger partial charge in [-0.05, 0) is 25.1 Å². The zero-order valence-electron chi connectivity index (χ0n) is 11.5. The molecule has 1 heterocycles. The Hall–Kier alpha value is -2.42. The molecule has 2 aromatic rings. The number of halogens is 3. The Labute approximate surface area is 124 Å². The van der Waals surface area contributed by atoms with Gasteiger partial charge in [-0.15, -0.1) is 5.10 Å². The highest BCUT2D eigenvalue weighted by Crippen LogP contribution is 2.33. The number of amides is 1. The predicted octanol–water partition coefficient (Wildman–Crippen LogP) is 1.36. The lowest BCUT2D eigenvalue weighted by molar-refractivity contribution is -0.137. The molecule has 9 heteroatoms. The van der Waals surface area contributed by atoms with Crippen LogP contribution >= 0.6 is 0 Å². The van der Waals surface area contributed by atoms with Crippen molar-refractivity contribution in [3.05, 3.63) is 41.7 Å². The molecule has 0 radical (unpaired) electrons. The summed E-state index contributed by atoms with van der Waals surface area (Å²) in [4.78, 5) is 11.8. The van der Waals surface area contributed by atoms with Gasteiger partial charge in [0.15, 0.2) is 5.69 Å². The summed E-state index contributed by atoms with van der Waals surface area (Å²) < 4.78 is 39.8. The van der Waals surface area contributed by atoms with Crippen LogP contribution in [0.25, 0.3) is 5.69 Å². The van der Waals surface area contributed by atoms with E-state index in [4.69, 9.17) is 5.73 Å². The third-order valence-corrected chi connectivity index (χ3v) is 2.85. The fraction of sp³-hybridized carbons (Fsp3) is 0.308. The van der Waals surface area contributed by atoms with Crippen molar-refractivity contribution < 1.29 is 18.0 Å². The molecule has 1 aromatic heterocycles. The molecule has 6 nitrogen and oxygen atoms in total. The first kappa shape index (κ1) is 16.0. The van der Waals surface area contributed by atoms with Gasteiger partial charge in [0.1, 0.15) is 0 Å². The Balaban J connectivity index is 2.24. The van der Waals surface area contributed by atoms with Gasteiger partial charge in [-0.25, -0.2) is 4.68 Å². The molecule has 0 spiro atoms. The minimum absolute atomic E-state index is 0.0611. The first-order chi connectivity index (χ1) is 10.4. The van der Waals surface area contributed by atoms with E-state index in [9.17, 15) is 18.0 Å². The molecule has 0 fully saturated rings. The van der Waals surface area contributed by atoms with Gasteiger partial charge < -0.3 is 11.1 Å². The normalized spacial score (nSPS) is 11.5. The number of alkyl halides is 3. The molecule has 3 N–H and O–H groups in total. The van der Waals surface area contributed by atoms with E-state index in [0.29, 0.717) is 19.5 Å². The topological polar surface area (TPSA) is 85.8 Å². The summed E-state index contributed by atoms with van der Waals surface area (Å²) in [6, 6.07) is 4.93. The Morgan fingerprint density at radius 3 is 2.73 bits per heavy atom. The molecule has 0 saturated carbocycles. The second-order valence-electron chi connectivity index (χ2n) is 4.46. The van der Waals surface area contributed by atoms with Crippen LogP contribution < -0.4 is 11.1 Å². The average molecular weight is 313 g/mol. The van der Waals surface area contributed by atoms with E-state index in [1.165, 1.54) is 18.2 Å². The van der Waals surface area contributed by atoms with Gasteiger partial charge in [-0.2, -0.15) is 13.2 Å². The second kappa shape index (κ2) is 6.56. The summed E-state index contributed by atoms with van der Waals surface area (Å²) in [5, 5.41) is 9.74. The van der Waals surface area contributed by atoms with E-state index in [0.717, 1.165) is 16.9 Å². The number of rotatable bonds is 5. The highest BCUT2D eigenvalue weighted by Gasteiger charge is 2.34. The fourth-order valence-corrected chi connectivity index (χ4v) is 1.79. The predicted molar refractivity (Wildman–Crippen MR) is 72.4 cm³/mol. The lowest BCUT2D eigenvalue weighted by Crippen LogP contribution is -2.26. The smallest absolute Gasteiger partial charge is 0.351 e. The molecule has 0 saturated heterocycles. The minimum atomic E-state index is -4.52. The molecule has 1 amide bonds. The monoisotopic (exact) mass is 313 g/mol. The number of nitrogens with two attached hydrogens (primary N) is 1. The third-order valence-electron chi connectivity index (χ3n) is 2.85. The van der Waals surface area contributed by atoms with Crippen LogP contribution in [0.5, 0.6) is 0 Å². The quantitative estimate of drug-likeness (QED) is 0.816. The number of hydrogen-bond acceptors (Lipinski definition) is 4. The molecule has 2 rings (SSSR count). The Morgan fingerprint density at radius 1 is 1.32 bits per heavy atom. The second-order valence-corrected chi connectivity index (χ2v) is 4.46. The van der Waals surface area contributed by atoms with Gasteiger partial charge in [0.25, 0.3) is 5.91 Å². The summed E-state index contributed by atoms with van der Waals surface area (Å²) in [7, 11) is 0. The standard InChI is InChI=1S/C13H14F3N5O/c14-13(15,16)9-4-1-2-5-11(9)21-8-10(19-20-21)12(22)18-7-3-6-17/h1-2,4-5,8H,3,6-7,17H2,(H,18,22). The molecule has 0 bridgehead atoms. The number of nitrogens with zero attached hydrogens (tertiary/aromatic N) is 3. The van der Waals surface area contributed by atoms with E-state index in [1.807, 2.05) is 0 Å². The summed E-state index contributed by atoms with van der Waals surface area (Å²) in [6.07, 6.45) is -2.77. The molecule has 1 aromatic carbocycles. The van der Waals surface area contributed by atoms with Gasteiger partial charge in [0.2, 0.25) is 0 Å². The minimum Gasteiger partial charge on any atom is -0.351 e. The molecule has 0 aliphatic carbocycles. The Morgan fingerprint density at radius 2 is 2.05 bits per heavy atom. The molecular formula is C13H14F3N5O. The summed E-state index contributed by atoms with van der Waals surface area (Å²) >= 11 is 0. The first-order valence-electron chi connectivity index (χ1n) is 6.50. The van der Waals surface area contributed by atoms with Gasteiger partial charge >= 0.3 is 6.18 Å². The molecule has 0 aliphatic rings. The largest absolute Gasteiger partial charge is 0.418 e. The van der Waals surface area contributed by atoms with Crippen LogP contribution in [0.1, 0.15) is 22.5 Å². The van der Waals surface area contributed by atoms with Crippen LogP contribution in [0.15, 0.2) is 30.5 Å². The zero-order chi connectivity index (χ0) is 16.2. The highest BCUT2D eigenvalue weighted by atomic mass is 19.4. The molecule has 0 atom stereocenters. The summed E-state index contributed by atoms with van der Waals surface area (Å²) in [6.45, 7) is 0.785. The maximum Gasteiger partial charge on any atom is 0.418 e. The number of aromatic nitrogens is 3. The van der Waals surface area contributed by atoms with E-state index < -0.39 is 17.6 Å². The molecule has 0 unspecified atom stereocenters. The van der Waals surface area contributed by atoms with Gasteiger partial charge in [0, 0.05) is 6.54 Å². The van der Waals surface area contributed by atoms with Crippen molar-refractivity contribution in [1.82, 2.24) is 20.3 Å². The number of benzene rings is 1. The highest BCUT2D eigenvalue weighted by molar-refractivity contribution is 5.91. The van der Waals surface area contributed by atoms with Gasteiger partial charge in [-0.1, -0.05) is 17.3 Å². The van der Waals surface area contributed by atoms with E-state index >= 15 is 0 Å². The molecule has 22 heavy (non-hydrogen) atoms. The van der Waals surface area contributed by atoms with Crippen molar-refractivity contribution in [2.24, 2.45) is 5.73 Å². The van der Waals surface area contributed by atoms with Crippen molar-refractivity contribution in [3.63, 3.8) is 0 Å². The molecular weight excluding hydrogens is 299 g/mol. The van der Waals surface area contributed by atoms with Gasteiger partial charge in [-0.3, -0.25) is 4.79 Å². The lowest BCUT2D eigenvalue weighted by atomic mass is 10.1. The number of carbonyl (C=O) groups is 1. The van der Waals surface area contributed by atoms with Crippen LogP contribution in [0.4, 0.5) is 13.2 Å². The number of nitrogens with one attached hydrogen (secondary N) is 1. The van der Waals surface area contributed by atoms with Crippen molar-refractivity contribution >= 4 is 5.91 Å². The van der Waals surface area contributed by atoms with E-state index in [2.05, 4.69) is 15.6 Å². The van der Waals surface area contributed by atoms with Crippen molar-refractivity contribution in [2.75, 3.05) is 13.1 Å². The Kier molecular flexibility index (Phi) is 4.76. The molecule has 0 aliphatic heterocycles. The number of carbonyl (C=O) groups excluding carboxylic acids is 1. The van der Waals surface area contributed by atoms with Crippen molar-refractivity contribution in [3.8, 4) is 5.69 Å². The van der Waals surface area contributed by atoms with Crippen LogP contribution in [0.3, 0.4) is 0 Å². The van der Waals surface area contributed by atoms with Crippen LogP contribution in [0.2, 0.25) is 0 Å². The maximum absolute atomic E-state index is 13.0. The zero-order valence-corrected chi connectivity index (χ0v) is 11.5. The SMILES string of the molecule is NCCCNC(=O)c1cn(-c2ccccc2C(F)(F)F)nn1. The third kappa shape index (κ3) is 3.61. The van der Waals surface area contributed by atoms with Crippen LogP contribution in [0, 0.1) is 0 Å². The van der Waals surface area contributed by atoms with Gasteiger partial charge in [0.05, 0.1) is 17.4 Å². The average Bonchev–Trinajstić information content (AvgIpc) is 2.96. The first-order valence-corrected chi connectivity index (χ1v) is 6.50. The molecule has 118 valence electrons. The van der Waals surface area contributed by atoms with Crippen LogP contribution in [-0.4, -0.2) is 34.0 Å². The van der Waals surface area contributed by atoms with E-state index in [1.54, 1.807) is 0 Å². The van der Waals surface area contributed by atoms with E-state index in [-0.39, 0.29) is 11.4 Å². The lowest BCUT2D eigenvalue weighted by Gasteiger charge is -2.11. The van der Waals surface area contributed by atoms with Crippen molar-refractivity contribution in [1.29, 1.82) is 0 Å². The Bertz CT molecular complexity index is 653. The number of hydrogen-bond donors (Lipinski definition) is 2. The van der Waals surface area contributed by atoms with Crippen molar-refractivity contribution in [2.45, 2.75) is 12.6 Å².